The molecule has 2 rings (SSSR count). The van der Waals surface area contributed by atoms with E-state index >= 15 is 0 Å². The van der Waals surface area contributed by atoms with Crippen molar-refractivity contribution in [1.29, 1.82) is 0 Å². The summed E-state index contributed by atoms with van der Waals surface area (Å²) in [5.41, 5.74) is 1.44. The van der Waals surface area contributed by atoms with Gasteiger partial charge in [0.05, 0.1) is 12.2 Å². The Morgan fingerprint density at radius 3 is 2.43 bits per heavy atom. The molecule has 2 nitrogen and oxygen atoms in total. The van der Waals surface area contributed by atoms with E-state index in [2.05, 4.69) is 61.3 Å². The van der Waals surface area contributed by atoms with E-state index in [0.29, 0.717) is 6.42 Å². The fourth-order valence-electron chi connectivity index (χ4n) is 3.45. The van der Waals surface area contributed by atoms with Gasteiger partial charge in [-0.3, -0.25) is 9.29 Å². The molecule has 1 atom stereocenters. The minimum Gasteiger partial charge on any atom is -0.308 e. The van der Waals surface area contributed by atoms with Gasteiger partial charge in [0.25, 0.3) is 0 Å². The van der Waals surface area contributed by atoms with E-state index in [1.165, 1.54) is 5.56 Å². The largest absolute Gasteiger partial charge is 0.308 e. The van der Waals surface area contributed by atoms with E-state index in [1.807, 2.05) is 0 Å². The van der Waals surface area contributed by atoms with Gasteiger partial charge < -0.3 is 5.32 Å². The molecule has 1 saturated heterocycles. The maximum atomic E-state index is 12.7. The van der Waals surface area contributed by atoms with Gasteiger partial charge >= 0.3 is 0 Å². The maximum absolute atomic E-state index is 12.7. The Morgan fingerprint density at radius 1 is 1.19 bits per heavy atom. The molecule has 1 unspecified atom stereocenters. The van der Waals surface area contributed by atoms with Gasteiger partial charge in [0.15, 0.2) is 0 Å². The van der Waals surface area contributed by atoms with Gasteiger partial charge in [-0.05, 0) is 31.7 Å². The zero-order chi connectivity index (χ0) is 15.3. The molecule has 0 radical (unpaired) electrons. The summed E-state index contributed by atoms with van der Waals surface area (Å²) in [6.07, 6.45) is 2.84. The first-order valence-corrected chi connectivity index (χ1v) is 8.22. The predicted octanol–water partition coefficient (Wildman–Crippen LogP) is 3.73. The lowest BCUT2D eigenvalue weighted by Crippen LogP contribution is -2.67. The quantitative estimate of drug-likeness (QED) is 0.859. The molecular formula is C18H29FN2. The second kappa shape index (κ2) is 6.89. The smallest absolute Gasteiger partial charge is 0.0906 e. The summed E-state index contributed by atoms with van der Waals surface area (Å²) in [7, 11) is 0. The predicted molar refractivity (Wildman–Crippen MR) is 87.3 cm³/mol. The lowest BCUT2D eigenvalue weighted by molar-refractivity contribution is 0.00679. The average molecular weight is 292 g/mol. The molecule has 0 spiro atoms. The van der Waals surface area contributed by atoms with Crippen molar-refractivity contribution in [2.24, 2.45) is 0 Å². The fraction of sp³-hybridized carbons (Fsp3) is 0.667. The molecule has 118 valence electrons. The third-order valence-electron chi connectivity index (χ3n) is 5.31. The second-order valence-electron chi connectivity index (χ2n) is 6.44. The van der Waals surface area contributed by atoms with E-state index in [4.69, 9.17) is 0 Å². The fourth-order valence-corrected chi connectivity index (χ4v) is 3.45. The molecule has 0 amide bonds. The van der Waals surface area contributed by atoms with Crippen LogP contribution in [0.4, 0.5) is 4.39 Å². The normalized spacial score (nSPS) is 25.9. The number of benzene rings is 1. The highest BCUT2D eigenvalue weighted by atomic mass is 19.1. The third-order valence-corrected chi connectivity index (χ3v) is 5.31. The number of nitrogens with zero attached hydrogens (tertiary/aromatic N) is 1. The number of alkyl halides is 1. The zero-order valence-electron chi connectivity index (χ0n) is 13.7. The van der Waals surface area contributed by atoms with Crippen LogP contribution in [0.15, 0.2) is 30.3 Å². The Morgan fingerprint density at radius 2 is 1.86 bits per heavy atom. The molecule has 1 N–H and O–H groups in total. The van der Waals surface area contributed by atoms with Crippen molar-refractivity contribution in [3.63, 3.8) is 0 Å². The Kier molecular flexibility index (Phi) is 5.39. The first kappa shape index (κ1) is 16.4. The summed E-state index contributed by atoms with van der Waals surface area (Å²) in [6, 6.07) is 10.6. The Bertz CT molecular complexity index is 430. The molecule has 21 heavy (non-hydrogen) atoms. The van der Waals surface area contributed by atoms with Gasteiger partial charge in [0, 0.05) is 25.2 Å². The number of piperazine rings is 1. The van der Waals surface area contributed by atoms with E-state index in [9.17, 15) is 4.39 Å². The molecule has 3 heteroatoms. The van der Waals surface area contributed by atoms with E-state index in [1.54, 1.807) is 0 Å². The summed E-state index contributed by atoms with van der Waals surface area (Å²) in [4.78, 5) is 2.49. The molecule has 1 aromatic rings. The van der Waals surface area contributed by atoms with Crippen molar-refractivity contribution in [3.05, 3.63) is 35.9 Å². The van der Waals surface area contributed by atoms with E-state index < -0.39 is 0 Å². The summed E-state index contributed by atoms with van der Waals surface area (Å²) >= 11 is 0. The zero-order valence-corrected chi connectivity index (χ0v) is 13.7. The molecule has 1 aliphatic heterocycles. The monoisotopic (exact) mass is 292 g/mol. The van der Waals surface area contributed by atoms with Crippen LogP contribution in [0.2, 0.25) is 0 Å². The standard InChI is InChI=1S/C18H29FN2/c1-4-18(5-2)15-21(13-9-12-19)17(3,14-20-18)16-10-7-6-8-11-16/h6-8,10-11,20H,4-5,9,12-15H2,1-3H3. The van der Waals surface area contributed by atoms with Gasteiger partial charge in [-0.25, -0.2) is 0 Å². The van der Waals surface area contributed by atoms with Gasteiger partial charge in [-0.1, -0.05) is 44.2 Å². The van der Waals surface area contributed by atoms with Crippen molar-refractivity contribution in [2.75, 3.05) is 26.3 Å². The SMILES string of the molecule is CCC1(CC)CN(CCCF)C(C)(c2ccccc2)CN1. The lowest BCUT2D eigenvalue weighted by atomic mass is 9.80. The van der Waals surface area contributed by atoms with Crippen molar-refractivity contribution < 1.29 is 4.39 Å². The van der Waals surface area contributed by atoms with Crippen LogP contribution in [0.3, 0.4) is 0 Å². The summed E-state index contributed by atoms with van der Waals surface area (Å²) in [5.74, 6) is 0. The van der Waals surface area contributed by atoms with Crippen LogP contribution in [0, 0.1) is 0 Å². The average Bonchev–Trinajstić information content (AvgIpc) is 2.55. The molecule has 0 saturated carbocycles. The van der Waals surface area contributed by atoms with Gasteiger partial charge in [0.2, 0.25) is 0 Å². The van der Waals surface area contributed by atoms with Crippen LogP contribution in [0.5, 0.6) is 0 Å². The molecule has 0 aromatic heterocycles. The van der Waals surface area contributed by atoms with Crippen LogP contribution >= 0.6 is 0 Å². The molecule has 0 aliphatic carbocycles. The Labute approximate surface area is 128 Å². The van der Waals surface area contributed by atoms with E-state index in [-0.39, 0.29) is 17.8 Å². The van der Waals surface area contributed by atoms with Crippen LogP contribution in [0.1, 0.15) is 45.6 Å². The highest BCUT2D eigenvalue weighted by Crippen LogP contribution is 2.35. The van der Waals surface area contributed by atoms with Crippen molar-refractivity contribution >= 4 is 0 Å². The van der Waals surface area contributed by atoms with Crippen molar-refractivity contribution in [3.8, 4) is 0 Å². The third kappa shape index (κ3) is 3.29. The van der Waals surface area contributed by atoms with Crippen LogP contribution in [-0.4, -0.2) is 36.7 Å². The number of halogens is 1. The molecule has 0 bridgehead atoms. The number of nitrogens with one attached hydrogen (secondary N) is 1. The van der Waals surface area contributed by atoms with Crippen molar-refractivity contribution in [1.82, 2.24) is 10.2 Å². The minimum atomic E-state index is -0.236. The molecule has 1 heterocycles. The summed E-state index contributed by atoms with van der Waals surface area (Å²) < 4.78 is 12.7. The summed E-state index contributed by atoms with van der Waals surface area (Å²) in [6.45, 7) is 9.27. The van der Waals surface area contributed by atoms with E-state index in [0.717, 1.165) is 32.5 Å². The topological polar surface area (TPSA) is 15.3 Å². The van der Waals surface area contributed by atoms with Crippen molar-refractivity contribution in [2.45, 2.75) is 51.1 Å². The van der Waals surface area contributed by atoms with Gasteiger partial charge in [-0.2, -0.15) is 0 Å². The number of rotatable bonds is 6. The minimum absolute atomic E-state index is 0.0513. The molecule has 1 aliphatic rings. The van der Waals surface area contributed by atoms with Gasteiger partial charge in [-0.15, -0.1) is 0 Å². The first-order valence-electron chi connectivity index (χ1n) is 8.22. The first-order chi connectivity index (χ1) is 10.1. The maximum Gasteiger partial charge on any atom is 0.0906 e. The number of hydrogen-bond acceptors (Lipinski definition) is 2. The lowest BCUT2D eigenvalue weighted by Gasteiger charge is -2.53. The second-order valence-corrected chi connectivity index (χ2v) is 6.44. The highest BCUT2D eigenvalue weighted by molar-refractivity contribution is 5.26. The van der Waals surface area contributed by atoms with Crippen LogP contribution in [0.25, 0.3) is 0 Å². The Balaban J connectivity index is 2.28. The number of hydrogen-bond donors (Lipinski definition) is 1. The Hall–Kier alpha value is -0.930. The van der Waals surface area contributed by atoms with Crippen LogP contribution in [-0.2, 0) is 5.54 Å². The highest BCUT2D eigenvalue weighted by Gasteiger charge is 2.43. The molecule has 1 fully saturated rings. The van der Waals surface area contributed by atoms with Gasteiger partial charge in [0.1, 0.15) is 0 Å². The molecule has 1 aromatic carbocycles. The van der Waals surface area contributed by atoms with Crippen LogP contribution < -0.4 is 5.32 Å². The molecular weight excluding hydrogens is 263 g/mol. The summed E-state index contributed by atoms with van der Waals surface area (Å²) in [5, 5.41) is 3.79.